The van der Waals surface area contributed by atoms with E-state index in [0.29, 0.717) is 17.4 Å². The Balaban J connectivity index is 2.10. The molecule has 0 bridgehead atoms. The van der Waals surface area contributed by atoms with Crippen molar-refractivity contribution in [2.45, 2.75) is 52.1 Å². The van der Waals surface area contributed by atoms with Crippen LogP contribution in [0.2, 0.25) is 0 Å². The number of aldehydes is 1. The lowest BCUT2D eigenvalue weighted by Crippen LogP contribution is -2.30. The number of hydrogen-bond donors (Lipinski definition) is 0. The van der Waals surface area contributed by atoms with Crippen LogP contribution in [0.1, 0.15) is 54.9 Å². The third-order valence-corrected chi connectivity index (χ3v) is 3.81. The van der Waals surface area contributed by atoms with Crippen molar-refractivity contribution < 1.29 is 9.53 Å². The van der Waals surface area contributed by atoms with Crippen molar-refractivity contribution in [3.63, 3.8) is 0 Å². The Kier molecular flexibility index (Phi) is 4.34. The Morgan fingerprint density at radius 2 is 2.22 bits per heavy atom. The molecule has 1 fully saturated rings. The quantitative estimate of drug-likeness (QED) is 0.764. The van der Waals surface area contributed by atoms with Crippen LogP contribution in [0.15, 0.2) is 12.3 Å². The van der Waals surface area contributed by atoms with E-state index in [2.05, 4.69) is 11.9 Å². The highest BCUT2D eigenvalue weighted by atomic mass is 16.5. The number of nitrogens with zero attached hydrogens (tertiary/aromatic N) is 1. The van der Waals surface area contributed by atoms with Crippen molar-refractivity contribution in [1.82, 2.24) is 4.98 Å². The van der Waals surface area contributed by atoms with Crippen LogP contribution in [0, 0.1) is 12.8 Å². The molecule has 1 saturated carbocycles. The van der Waals surface area contributed by atoms with E-state index in [0.717, 1.165) is 24.7 Å². The Hall–Kier alpha value is -1.38. The molecule has 3 heteroatoms. The fraction of sp³-hybridized carbons (Fsp3) is 0.600. The van der Waals surface area contributed by atoms with Crippen LogP contribution < -0.4 is 4.74 Å². The molecular weight excluding hydrogens is 226 g/mol. The summed E-state index contributed by atoms with van der Waals surface area (Å²) >= 11 is 0. The van der Waals surface area contributed by atoms with Gasteiger partial charge in [0.1, 0.15) is 6.10 Å². The molecule has 0 saturated heterocycles. The maximum atomic E-state index is 10.7. The van der Waals surface area contributed by atoms with E-state index in [1.165, 1.54) is 19.3 Å². The largest absolute Gasteiger partial charge is 0.474 e. The molecule has 2 rings (SSSR count). The van der Waals surface area contributed by atoms with Gasteiger partial charge < -0.3 is 4.74 Å². The molecule has 0 N–H and O–H groups in total. The summed E-state index contributed by atoms with van der Waals surface area (Å²) in [6.45, 7) is 4.17. The van der Waals surface area contributed by atoms with Crippen LogP contribution in [-0.2, 0) is 0 Å². The van der Waals surface area contributed by atoms with E-state index >= 15 is 0 Å². The van der Waals surface area contributed by atoms with Crippen LogP contribution in [0.3, 0.4) is 0 Å². The van der Waals surface area contributed by atoms with Crippen LogP contribution in [0.4, 0.5) is 0 Å². The summed E-state index contributed by atoms with van der Waals surface area (Å²) in [5, 5.41) is 0. The topological polar surface area (TPSA) is 39.2 Å². The van der Waals surface area contributed by atoms with Gasteiger partial charge in [-0.1, -0.05) is 13.3 Å². The average Bonchev–Trinajstić information content (AvgIpc) is 2.41. The molecule has 0 aromatic carbocycles. The number of rotatable bonds is 4. The summed E-state index contributed by atoms with van der Waals surface area (Å²) in [6.07, 6.45) is 8.79. The van der Waals surface area contributed by atoms with Crippen molar-refractivity contribution in [2.75, 3.05) is 0 Å². The molecule has 3 nitrogen and oxygen atoms in total. The second kappa shape index (κ2) is 5.98. The van der Waals surface area contributed by atoms with E-state index in [9.17, 15) is 4.79 Å². The molecule has 2 unspecified atom stereocenters. The zero-order valence-electron chi connectivity index (χ0n) is 11.2. The molecular formula is C15H21NO2. The van der Waals surface area contributed by atoms with E-state index < -0.39 is 0 Å². The summed E-state index contributed by atoms with van der Waals surface area (Å²) in [6, 6.07) is 1.83. The van der Waals surface area contributed by atoms with Gasteiger partial charge in [-0.25, -0.2) is 4.98 Å². The smallest absolute Gasteiger partial charge is 0.216 e. The highest BCUT2D eigenvalue weighted by Gasteiger charge is 2.26. The number of carbonyl (C=O) groups excluding carboxylic acids is 1. The highest BCUT2D eigenvalue weighted by molar-refractivity contribution is 5.74. The first kappa shape index (κ1) is 13.1. The summed E-state index contributed by atoms with van der Waals surface area (Å²) in [5.74, 6) is 1.33. The Morgan fingerprint density at radius 3 is 2.89 bits per heavy atom. The Labute approximate surface area is 109 Å². The zero-order chi connectivity index (χ0) is 13.0. The number of aromatic nitrogens is 1. The van der Waals surface area contributed by atoms with Gasteiger partial charge in [-0.2, -0.15) is 0 Å². The van der Waals surface area contributed by atoms with Crippen LogP contribution in [-0.4, -0.2) is 17.4 Å². The average molecular weight is 247 g/mol. The third kappa shape index (κ3) is 2.89. The van der Waals surface area contributed by atoms with Crippen molar-refractivity contribution in [3.8, 4) is 5.88 Å². The normalized spacial score (nSPS) is 23.7. The summed E-state index contributed by atoms with van der Waals surface area (Å²) in [4.78, 5) is 14.9. The molecule has 0 aliphatic heterocycles. The van der Waals surface area contributed by atoms with Gasteiger partial charge in [0, 0.05) is 17.3 Å². The van der Waals surface area contributed by atoms with Crippen molar-refractivity contribution in [2.24, 2.45) is 5.92 Å². The van der Waals surface area contributed by atoms with Gasteiger partial charge in [-0.15, -0.1) is 0 Å². The highest BCUT2D eigenvalue weighted by Crippen LogP contribution is 2.30. The lowest BCUT2D eigenvalue weighted by molar-refractivity contribution is 0.0850. The second-order valence-corrected chi connectivity index (χ2v) is 5.12. The maximum Gasteiger partial charge on any atom is 0.216 e. The SMILES string of the molecule is CCC1CCCCC1Oc1ncc(C=O)cc1C. The first-order valence-electron chi connectivity index (χ1n) is 6.83. The van der Waals surface area contributed by atoms with Gasteiger partial charge in [-0.05, 0) is 44.6 Å². The van der Waals surface area contributed by atoms with Gasteiger partial charge in [0.25, 0.3) is 0 Å². The fourth-order valence-corrected chi connectivity index (χ4v) is 2.71. The maximum absolute atomic E-state index is 10.7. The molecule has 0 spiro atoms. The zero-order valence-corrected chi connectivity index (χ0v) is 11.2. The first-order valence-corrected chi connectivity index (χ1v) is 6.83. The van der Waals surface area contributed by atoms with E-state index in [1.807, 2.05) is 13.0 Å². The van der Waals surface area contributed by atoms with Crippen LogP contribution in [0.25, 0.3) is 0 Å². The predicted octanol–water partition coefficient (Wildman–Crippen LogP) is 3.55. The molecule has 1 aliphatic carbocycles. The predicted molar refractivity (Wildman–Crippen MR) is 71.0 cm³/mol. The van der Waals surface area contributed by atoms with Crippen molar-refractivity contribution in [1.29, 1.82) is 0 Å². The van der Waals surface area contributed by atoms with Crippen molar-refractivity contribution >= 4 is 6.29 Å². The fourth-order valence-electron chi connectivity index (χ4n) is 2.71. The molecule has 1 aromatic rings. The molecule has 18 heavy (non-hydrogen) atoms. The van der Waals surface area contributed by atoms with Crippen LogP contribution in [0.5, 0.6) is 5.88 Å². The van der Waals surface area contributed by atoms with Crippen LogP contribution >= 0.6 is 0 Å². The van der Waals surface area contributed by atoms with Gasteiger partial charge >= 0.3 is 0 Å². The number of pyridine rings is 1. The molecule has 0 amide bonds. The van der Waals surface area contributed by atoms with E-state index in [1.54, 1.807) is 6.20 Å². The minimum atomic E-state index is 0.289. The minimum absolute atomic E-state index is 0.289. The second-order valence-electron chi connectivity index (χ2n) is 5.12. The van der Waals surface area contributed by atoms with Crippen molar-refractivity contribution in [3.05, 3.63) is 23.4 Å². The first-order chi connectivity index (χ1) is 8.74. The number of ether oxygens (including phenoxy) is 1. The number of hydrogen-bond acceptors (Lipinski definition) is 3. The number of carbonyl (C=O) groups is 1. The summed E-state index contributed by atoms with van der Waals surface area (Å²) in [7, 11) is 0. The minimum Gasteiger partial charge on any atom is -0.474 e. The lowest BCUT2D eigenvalue weighted by atomic mass is 9.85. The Bertz CT molecular complexity index is 417. The Morgan fingerprint density at radius 1 is 1.44 bits per heavy atom. The molecule has 0 radical (unpaired) electrons. The summed E-state index contributed by atoms with van der Waals surface area (Å²) < 4.78 is 6.06. The standard InChI is InChI=1S/C15H21NO2/c1-3-13-6-4-5-7-14(13)18-15-11(2)8-12(10-17)9-16-15/h8-10,13-14H,3-7H2,1-2H3. The third-order valence-electron chi connectivity index (χ3n) is 3.81. The monoisotopic (exact) mass is 247 g/mol. The van der Waals surface area contributed by atoms with Gasteiger partial charge in [0.2, 0.25) is 5.88 Å². The van der Waals surface area contributed by atoms with E-state index in [4.69, 9.17) is 4.74 Å². The molecule has 1 aromatic heterocycles. The summed E-state index contributed by atoms with van der Waals surface area (Å²) in [5.41, 5.74) is 1.55. The lowest BCUT2D eigenvalue weighted by Gasteiger charge is -2.31. The molecule has 2 atom stereocenters. The van der Waals surface area contributed by atoms with E-state index in [-0.39, 0.29) is 6.10 Å². The van der Waals surface area contributed by atoms with Gasteiger partial charge in [-0.3, -0.25) is 4.79 Å². The molecule has 98 valence electrons. The van der Waals surface area contributed by atoms with Gasteiger partial charge in [0.05, 0.1) is 0 Å². The van der Waals surface area contributed by atoms with Gasteiger partial charge in [0.15, 0.2) is 6.29 Å². The molecule has 1 heterocycles. The number of aryl methyl sites for hydroxylation is 1. The molecule has 1 aliphatic rings.